The van der Waals surface area contributed by atoms with Gasteiger partial charge in [0.05, 0.1) is 5.69 Å². The van der Waals surface area contributed by atoms with Gasteiger partial charge in [-0.05, 0) is 42.0 Å². The Morgan fingerprint density at radius 3 is 2.33 bits per heavy atom. The Labute approximate surface area is 146 Å². The van der Waals surface area contributed by atoms with E-state index in [1.165, 1.54) is 5.56 Å². The third-order valence-corrected chi connectivity index (χ3v) is 4.65. The Bertz CT molecular complexity index is 830. The molecule has 3 heteroatoms. The molecule has 3 aromatic carbocycles. The van der Waals surface area contributed by atoms with Crippen molar-refractivity contribution < 1.29 is 4.79 Å². The van der Waals surface area contributed by atoms with Crippen LogP contribution in [0.2, 0.25) is 0 Å². The fraction of sp³-hybridized carbons (Fsp3) is 0.0952. The van der Waals surface area contributed by atoms with E-state index in [1.807, 2.05) is 73.0 Å². The molecule has 0 atom stereocenters. The Kier molecular flexibility index (Phi) is 5.34. The highest BCUT2D eigenvalue weighted by atomic mass is 32.2. The molecule has 0 bridgehead atoms. The summed E-state index contributed by atoms with van der Waals surface area (Å²) in [5, 5.41) is 3.04. The standard InChI is InChI=1S/C21H19NOS/c1-24-20-14-8-7-13-19(20)22-21(23)18-12-6-5-11-17(18)15-16-9-3-2-4-10-16/h2-14H,15H2,1H3,(H,22,23). The molecule has 0 spiro atoms. The van der Waals surface area contributed by atoms with E-state index in [-0.39, 0.29) is 5.91 Å². The Hall–Kier alpha value is -2.52. The molecule has 0 aliphatic rings. The van der Waals surface area contributed by atoms with E-state index in [9.17, 15) is 4.79 Å². The van der Waals surface area contributed by atoms with E-state index in [1.54, 1.807) is 11.8 Å². The first-order chi connectivity index (χ1) is 11.8. The first kappa shape index (κ1) is 16.3. The van der Waals surface area contributed by atoms with Crippen molar-refractivity contribution in [1.82, 2.24) is 0 Å². The molecule has 0 radical (unpaired) electrons. The predicted molar refractivity (Wildman–Crippen MR) is 102 cm³/mol. The summed E-state index contributed by atoms with van der Waals surface area (Å²) < 4.78 is 0. The zero-order valence-corrected chi connectivity index (χ0v) is 14.3. The minimum absolute atomic E-state index is 0.0666. The molecule has 0 aliphatic carbocycles. The lowest BCUT2D eigenvalue weighted by atomic mass is 9.99. The third kappa shape index (κ3) is 3.87. The van der Waals surface area contributed by atoms with E-state index in [4.69, 9.17) is 0 Å². The van der Waals surface area contributed by atoms with E-state index >= 15 is 0 Å². The zero-order chi connectivity index (χ0) is 16.8. The van der Waals surface area contributed by atoms with Crippen LogP contribution in [0.5, 0.6) is 0 Å². The number of hydrogen-bond acceptors (Lipinski definition) is 2. The monoisotopic (exact) mass is 333 g/mol. The summed E-state index contributed by atoms with van der Waals surface area (Å²) in [6.45, 7) is 0. The molecule has 0 heterocycles. The molecule has 0 saturated heterocycles. The number of thioether (sulfide) groups is 1. The van der Waals surface area contributed by atoms with Crippen LogP contribution in [-0.4, -0.2) is 12.2 Å². The molecular weight excluding hydrogens is 314 g/mol. The number of nitrogens with one attached hydrogen (secondary N) is 1. The molecule has 1 amide bonds. The SMILES string of the molecule is CSc1ccccc1NC(=O)c1ccccc1Cc1ccccc1. The number of carbonyl (C=O) groups excluding carboxylic acids is 1. The molecule has 24 heavy (non-hydrogen) atoms. The van der Waals surface area contributed by atoms with E-state index < -0.39 is 0 Å². The molecule has 2 nitrogen and oxygen atoms in total. The lowest BCUT2D eigenvalue weighted by molar-refractivity contribution is 0.102. The van der Waals surface area contributed by atoms with Gasteiger partial charge in [0.25, 0.3) is 5.91 Å². The average molecular weight is 333 g/mol. The van der Waals surface area contributed by atoms with Crippen molar-refractivity contribution in [3.05, 3.63) is 95.6 Å². The summed E-state index contributed by atoms with van der Waals surface area (Å²) in [5.41, 5.74) is 3.80. The summed E-state index contributed by atoms with van der Waals surface area (Å²) in [4.78, 5) is 13.8. The van der Waals surface area contributed by atoms with Crippen LogP contribution in [0, 0.1) is 0 Å². The Morgan fingerprint density at radius 1 is 0.875 bits per heavy atom. The van der Waals surface area contributed by atoms with Crippen LogP contribution in [0.15, 0.2) is 83.8 Å². The first-order valence-electron chi connectivity index (χ1n) is 7.84. The summed E-state index contributed by atoms with van der Waals surface area (Å²) in [6, 6.07) is 25.8. The first-order valence-corrected chi connectivity index (χ1v) is 9.06. The van der Waals surface area contributed by atoms with E-state index in [0.717, 1.165) is 28.1 Å². The topological polar surface area (TPSA) is 29.1 Å². The van der Waals surface area contributed by atoms with Crippen LogP contribution >= 0.6 is 11.8 Å². The van der Waals surface area contributed by atoms with Crippen LogP contribution in [0.4, 0.5) is 5.69 Å². The Balaban J connectivity index is 1.85. The second kappa shape index (κ2) is 7.84. The van der Waals surface area contributed by atoms with Crippen molar-refractivity contribution in [2.75, 3.05) is 11.6 Å². The molecule has 3 rings (SSSR count). The van der Waals surface area contributed by atoms with Gasteiger partial charge in [0, 0.05) is 10.5 Å². The third-order valence-electron chi connectivity index (χ3n) is 3.85. The number of para-hydroxylation sites is 1. The van der Waals surface area contributed by atoms with Crippen LogP contribution in [0.3, 0.4) is 0 Å². The quantitative estimate of drug-likeness (QED) is 0.646. The molecule has 0 fully saturated rings. The van der Waals surface area contributed by atoms with Gasteiger partial charge in [-0.25, -0.2) is 0 Å². The highest BCUT2D eigenvalue weighted by Gasteiger charge is 2.13. The molecule has 1 N–H and O–H groups in total. The van der Waals surface area contributed by atoms with Gasteiger partial charge < -0.3 is 5.32 Å². The maximum atomic E-state index is 12.8. The Morgan fingerprint density at radius 2 is 1.54 bits per heavy atom. The van der Waals surface area contributed by atoms with Gasteiger partial charge in [-0.2, -0.15) is 0 Å². The molecule has 3 aromatic rings. The number of carbonyl (C=O) groups is 1. The highest BCUT2D eigenvalue weighted by Crippen LogP contribution is 2.25. The van der Waals surface area contributed by atoms with Crippen molar-refractivity contribution >= 4 is 23.4 Å². The summed E-state index contributed by atoms with van der Waals surface area (Å²) >= 11 is 1.62. The van der Waals surface area contributed by atoms with Gasteiger partial charge in [0.2, 0.25) is 0 Å². The molecule has 0 saturated carbocycles. The predicted octanol–water partition coefficient (Wildman–Crippen LogP) is 5.25. The molecule has 0 aliphatic heterocycles. The van der Waals surface area contributed by atoms with Crippen molar-refractivity contribution in [3.8, 4) is 0 Å². The number of rotatable bonds is 5. The van der Waals surface area contributed by atoms with Gasteiger partial charge in [-0.15, -0.1) is 11.8 Å². The maximum Gasteiger partial charge on any atom is 0.255 e. The minimum atomic E-state index is -0.0666. The molecule has 0 aromatic heterocycles. The number of amides is 1. The van der Waals surface area contributed by atoms with Gasteiger partial charge in [0.15, 0.2) is 0 Å². The molecule has 120 valence electrons. The maximum absolute atomic E-state index is 12.8. The van der Waals surface area contributed by atoms with Crippen LogP contribution in [0.1, 0.15) is 21.5 Å². The largest absolute Gasteiger partial charge is 0.321 e. The summed E-state index contributed by atoms with van der Waals surface area (Å²) in [6.07, 6.45) is 2.75. The van der Waals surface area contributed by atoms with Crippen LogP contribution in [0.25, 0.3) is 0 Å². The number of anilines is 1. The van der Waals surface area contributed by atoms with E-state index in [0.29, 0.717) is 0 Å². The molecular formula is C21H19NOS. The number of hydrogen-bond donors (Lipinski definition) is 1. The van der Waals surface area contributed by atoms with Gasteiger partial charge >= 0.3 is 0 Å². The lowest BCUT2D eigenvalue weighted by Crippen LogP contribution is -2.15. The van der Waals surface area contributed by atoms with Crippen LogP contribution in [-0.2, 0) is 6.42 Å². The second-order valence-electron chi connectivity index (χ2n) is 5.47. The smallest absolute Gasteiger partial charge is 0.255 e. The van der Waals surface area contributed by atoms with Crippen molar-refractivity contribution in [1.29, 1.82) is 0 Å². The van der Waals surface area contributed by atoms with Gasteiger partial charge in [-0.3, -0.25) is 4.79 Å². The fourth-order valence-corrected chi connectivity index (χ4v) is 3.20. The number of benzene rings is 3. The van der Waals surface area contributed by atoms with Crippen molar-refractivity contribution in [3.63, 3.8) is 0 Å². The second-order valence-corrected chi connectivity index (χ2v) is 6.32. The van der Waals surface area contributed by atoms with Crippen LogP contribution < -0.4 is 5.32 Å². The average Bonchev–Trinajstić information content (AvgIpc) is 2.63. The minimum Gasteiger partial charge on any atom is -0.321 e. The summed E-state index contributed by atoms with van der Waals surface area (Å²) in [7, 11) is 0. The van der Waals surface area contributed by atoms with Gasteiger partial charge in [0.1, 0.15) is 0 Å². The van der Waals surface area contributed by atoms with Crippen molar-refractivity contribution in [2.24, 2.45) is 0 Å². The lowest BCUT2D eigenvalue weighted by Gasteiger charge is -2.12. The summed E-state index contributed by atoms with van der Waals surface area (Å²) in [5.74, 6) is -0.0666. The molecule has 0 unspecified atom stereocenters. The van der Waals surface area contributed by atoms with E-state index in [2.05, 4.69) is 17.4 Å². The highest BCUT2D eigenvalue weighted by molar-refractivity contribution is 7.98. The zero-order valence-electron chi connectivity index (χ0n) is 13.5. The van der Waals surface area contributed by atoms with Crippen molar-refractivity contribution in [2.45, 2.75) is 11.3 Å². The fourth-order valence-electron chi connectivity index (χ4n) is 2.65. The van der Waals surface area contributed by atoms with Gasteiger partial charge in [-0.1, -0.05) is 60.7 Å². The normalized spacial score (nSPS) is 10.4.